The molecule has 0 aliphatic carbocycles. The molecule has 0 aliphatic heterocycles. The van der Waals surface area contributed by atoms with E-state index in [-0.39, 0.29) is 5.91 Å². The Labute approximate surface area is 145 Å². The molecule has 3 nitrogen and oxygen atoms in total. The van der Waals surface area contributed by atoms with E-state index in [2.05, 4.69) is 37.6 Å². The Balaban J connectivity index is 1.96. The van der Waals surface area contributed by atoms with Gasteiger partial charge in [-0.1, -0.05) is 47.7 Å². The molecular weight excluding hydrogens is 316 g/mol. The lowest BCUT2D eigenvalue weighted by atomic mass is 10.0. The minimum atomic E-state index is -0.123. The van der Waals surface area contributed by atoms with Crippen molar-refractivity contribution in [1.29, 1.82) is 0 Å². The van der Waals surface area contributed by atoms with Crippen LogP contribution in [-0.2, 0) is 17.8 Å². The molecule has 1 amide bonds. The van der Waals surface area contributed by atoms with Gasteiger partial charge in [0.25, 0.3) is 5.91 Å². The van der Waals surface area contributed by atoms with Crippen LogP contribution in [0.5, 0.6) is 0 Å². The summed E-state index contributed by atoms with van der Waals surface area (Å²) < 4.78 is 3.16. The van der Waals surface area contributed by atoms with Gasteiger partial charge in [-0.15, -0.1) is 6.58 Å². The molecule has 0 aliphatic rings. The van der Waals surface area contributed by atoms with Crippen LogP contribution in [0, 0.1) is 13.8 Å². The number of carbonyl (C=O) groups is 1. The first kappa shape index (κ1) is 16.4. The molecule has 1 aromatic heterocycles. The Kier molecular flexibility index (Phi) is 4.76. The molecule has 24 heavy (non-hydrogen) atoms. The molecule has 1 heterocycles. The van der Waals surface area contributed by atoms with Crippen LogP contribution in [0.4, 0.5) is 0 Å². The third-order valence-corrected chi connectivity index (χ3v) is 5.11. The molecule has 4 heteroatoms. The number of benzene rings is 2. The van der Waals surface area contributed by atoms with Gasteiger partial charge in [0.05, 0.1) is 16.6 Å². The van der Waals surface area contributed by atoms with Crippen LogP contribution in [0.1, 0.15) is 16.7 Å². The van der Waals surface area contributed by atoms with Crippen molar-refractivity contribution in [2.45, 2.75) is 26.8 Å². The topological polar surface area (TPSA) is 34.4 Å². The number of thiazole rings is 1. The maximum Gasteiger partial charge on any atom is 0.252 e. The summed E-state index contributed by atoms with van der Waals surface area (Å²) in [6.45, 7) is 8.57. The summed E-state index contributed by atoms with van der Waals surface area (Å²) in [5.74, 6) is -0.123. The lowest BCUT2D eigenvalue weighted by Crippen LogP contribution is -2.16. The quantitative estimate of drug-likeness (QED) is 0.658. The fourth-order valence-electron chi connectivity index (χ4n) is 2.65. The molecule has 0 unspecified atom stereocenters. The molecule has 3 aromatic rings. The normalized spacial score (nSPS) is 11.8. The van der Waals surface area contributed by atoms with Crippen LogP contribution in [0.3, 0.4) is 0 Å². The first-order chi connectivity index (χ1) is 11.6. The fraction of sp³-hybridized carbons (Fsp3) is 0.200. The van der Waals surface area contributed by atoms with E-state index in [1.54, 1.807) is 0 Å². The van der Waals surface area contributed by atoms with Crippen molar-refractivity contribution in [1.82, 2.24) is 4.57 Å². The Bertz CT molecular complexity index is 979. The summed E-state index contributed by atoms with van der Waals surface area (Å²) in [6, 6.07) is 14.2. The van der Waals surface area contributed by atoms with E-state index < -0.39 is 0 Å². The van der Waals surface area contributed by atoms with Gasteiger partial charge in [-0.25, -0.2) is 0 Å². The highest BCUT2D eigenvalue weighted by atomic mass is 32.1. The molecule has 0 atom stereocenters. The van der Waals surface area contributed by atoms with Crippen LogP contribution in [0.25, 0.3) is 10.2 Å². The van der Waals surface area contributed by atoms with Gasteiger partial charge < -0.3 is 4.57 Å². The summed E-state index contributed by atoms with van der Waals surface area (Å²) in [5, 5.41) is 0. The Morgan fingerprint density at radius 3 is 2.75 bits per heavy atom. The number of fused-ring (bicyclic) bond motifs is 1. The minimum absolute atomic E-state index is 0.123. The number of para-hydroxylation sites is 1. The number of nitrogens with zero attached hydrogens (tertiary/aromatic N) is 2. The second-order valence-corrected chi connectivity index (χ2v) is 6.86. The molecule has 0 bridgehead atoms. The van der Waals surface area contributed by atoms with Gasteiger partial charge in [0, 0.05) is 6.54 Å². The van der Waals surface area contributed by atoms with Gasteiger partial charge in [-0.2, -0.15) is 4.99 Å². The molecule has 3 rings (SSSR count). The number of carbonyl (C=O) groups excluding carboxylic acids is 1. The molecule has 0 radical (unpaired) electrons. The number of hydrogen-bond donors (Lipinski definition) is 0. The Morgan fingerprint density at radius 1 is 1.21 bits per heavy atom. The fourth-order valence-corrected chi connectivity index (χ4v) is 3.70. The highest BCUT2D eigenvalue weighted by molar-refractivity contribution is 7.16. The average molecular weight is 336 g/mol. The molecule has 0 fully saturated rings. The lowest BCUT2D eigenvalue weighted by molar-refractivity contribution is -0.117. The second kappa shape index (κ2) is 6.97. The van der Waals surface area contributed by atoms with Crippen LogP contribution < -0.4 is 4.80 Å². The summed E-state index contributed by atoms with van der Waals surface area (Å²) in [6.07, 6.45) is 2.15. The molecule has 0 N–H and O–H groups in total. The molecular formula is C20H20N2OS. The van der Waals surface area contributed by atoms with Crippen molar-refractivity contribution in [2.75, 3.05) is 0 Å². The first-order valence-electron chi connectivity index (χ1n) is 7.91. The van der Waals surface area contributed by atoms with E-state index >= 15 is 0 Å². The standard InChI is InChI=1S/C20H20N2OS/c1-4-11-22-17-7-5-6-8-18(17)24-20(22)21-19(23)13-16-10-9-14(2)15(3)12-16/h4-10,12H,1,11,13H2,2-3H3. The number of amides is 1. The highest BCUT2D eigenvalue weighted by Gasteiger charge is 2.08. The predicted octanol–water partition coefficient (Wildman–Crippen LogP) is 4.18. The minimum Gasteiger partial charge on any atom is -0.313 e. The maximum absolute atomic E-state index is 12.4. The molecule has 2 aromatic carbocycles. The highest BCUT2D eigenvalue weighted by Crippen LogP contribution is 2.17. The Morgan fingerprint density at radius 2 is 2.00 bits per heavy atom. The van der Waals surface area contributed by atoms with E-state index in [9.17, 15) is 4.79 Å². The predicted molar refractivity (Wildman–Crippen MR) is 100 cm³/mol. The largest absolute Gasteiger partial charge is 0.313 e. The number of aryl methyl sites for hydroxylation is 2. The molecule has 0 saturated carbocycles. The molecule has 0 spiro atoms. The van der Waals surface area contributed by atoms with E-state index in [0.29, 0.717) is 13.0 Å². The summed E-state index contributed by atoms with van der Waals surface area (Å²) in [7, 11) is 0. The third-order valence-electron chi connectivity index (χ3n) is 4.05. The van der Waals surface area contributed by atoms with Gasteiger partial charge in [0.15, 0.2) is 4.80 Å². The van der Waals surface area contributed by atoms with Crippen molar-refractivity contribution >= 4 is 27.5 Å². The smallest absolute Gasteiger partial charge is 0.252 e. The van der Waals surface area contributed by atoms with Crippen molar-refractivity contribution in [2.24, 2.45) is 4.99 Å². The molecule has 122 valence electrons. The number of rotatable bonds is 4. The summed E-state index contributed by atoms with van der Waals surface area (Å²) >= 11 is 1.54. The van der Waals surface area contributed by atoms with Gasteiger partial charge >= 0.3 is 0 Å². The zero-order valence-electron chi connectivity index (χ0n) is 14.0. The SMILES string of the molecule is C=CCn1c(=NC(=O)Cc2ccc(C)c(C)c2)sc2ccccc21. The molecule has 0 saturated heterocycles. The van der Waals surface area contributed by atoms with Gasteiger partial charge in [-0.3, -0.25) is 4.79 Å². The Hall–Kier alpha value is -2.46. The zero-order valence-corrected chi connectivity index (χ0v) is 14.8. The van der Waals surface area contributed by atoms with E-state index in [1.807, 2.05) is 41.0 Å². The third kappa shape index (κ3) is 3.39. The number of hydrogen-bond acceptors (Lipinski definition) is 2. The van der Waals surface area contributed by atoms with Gasteiger partial charge in [0.2, 0.25) is 0 Å². The van der Waals surface area contributed by atoms with Crippen molar-refractivity contribution in [3.05, 3.63) is 76.6 Å². The zero-order chi connectivity index (χ0) is 17.1. The van der Waals surface area contributed by atoms with Crippen molar-refractivity contribution in [3.63, 3.8) is 0 Å². The van der Waals surface area contributed by atoms with Crippen LogP contribution in [-0.4, -0.2) is 10.5 Å². The number of allylic oxidation sites excluding steroid dienone is 1. The number of aromatic nitrogens is 1. The van der Waals surface area contributed by atoms with Gasteiger partial charge in [0.1, 0.15) is 0 Å². The van der Waals surface area contributed by atoms with Crippen LogP contribution in [0.15, 0.2) is 60.1 Å². The van der Waals surface area contributed by atoms with E-state index in [0.717, 1.165) is 20.6 Å². The van der Waals surface area contributed by atoms with E-state index in [1.165, 1.54) is 22.5 Å². The first-order valence-corrected chi connectivity index (χ1v) is 8.73. The maximum atomic E-state index is 12.4. The van der Waals surface area contributed by atoms with E-state index in [4.69, 9.17) is 0 Å². The van der Waals surface area contributed by atoms with Crippen molar-refractivity contribution in [3.8, 4) is 0 Å². The van der Waals surface area contributed by atoms with Crippen LogP contribution >= 0.6 is 11.3 Å². The average Bonchev–Trinajstić information content (AvgIpc) is 2.89. The van der Waals surface area contributed by atoms with Crippen molar-refractivity contribution < 1.29 is 4.79 Å². The summed E-state index contributed by atoms with van der Waals surface area (Å²) in [4.78, 5) is 17.5. The van der Waals surface area contributed by atoms with Gasteiger partial charge in [-0.05, 0) is 42.7 Å². The van der Waals surface area contributed by atoms with Crippen LogP contribution in [0.2, 0.25) is 0 Å². The second-order valence-electron chi connectivity index (χ2n) is 5.85. The monoisotopic (exact) mass is 336 g/mol. The lowest BCUT2D eigenvalue weighted by Gasteiger charge is -2.03. The summed E-state index contributed by atoms with van der Waals surface area (Å²) in [5.41, 5.74) is 4.52.